The van der Waals surface area contributed by atoms with Crippen LogP contribution in [0.1, 0.15) is 5.56 Å². The number of rotatable bonds is 5. The van der Waals surface area contributed by atoms with E-state index in [9.17, 15) is 9.90 Å². The number of methoxy groups -OCH3 is 1. The number of carboxylic acids is 1. The second-order valence-electron chi connectivity index (χ2n) is 3.53. The molecule has 4 heteroatoms. The van der Waals surface area contributed by atoms with E-state index in [1.807, 2.05) is 31.3 Å². The van der Waals surface area contributed by atoms with Crippen LogP contribution in [-0.4, -0.2) is 26.7 Å². The quantitative estimate of drug-likeness (QED) is 0.639. The number of quaternary nitrogens is 1. The number of benzene rings is 1. The molecular weight excluding hydrogens is 194 g/mol. The van der Waals surface area contributed by atoms with Gasteiger partial charge in [0.15, 0.2) is 0 Å². The van der Waals surface area contributed by atoms with Crippen molar-refractivity contribution in [1.29, 1.82) is 0 Å². The summed E-state index contributed by atoms with van der Waals surface area (Å²) in [5, 5.41) is 10.3. The third kappa shape index (κ3) is 3.99. The molecule has 0 fully saturated rings. The minimum absolute atomic E-state index is 0.0199. The number of hydrogen-bond acceptors (Lipinski definition) is 3. The van der Waals surface area contributed by atoms with E-state index in [2.05, 4.69) is 0 Å². The fourth-order valence-corrected chi connectivity index (χ4v) is 1.40. The van der Waals surface area contributed by atoms with Crippen molar-refractivity contribution < 1.29 is 19.5 Å². The molecule has 0 heterocycles. The maximum absolute atomic E-state index is 10.3. The first kappa shape index (κ1) is 11.5. The summed E-state index contributed by atoms with van der Waals surface area (Å²) in [4.78, 5) is 11.2. The van der Waals surface area contributed by atoms with Crippen LogP contribution in [0.2, 0.25) is 0 Å². The zero-order valence-corrected chi connectivity index (χ0v) is 8.95. The van der Waals surface area contributed by atoms with Crippen molar-refractivity contribution in [3.05, 3.63) is 29.8 Å². The third-order valence-electron chi connectivity index (χ3n) is 2.11. The van der Waals surface area contributed by atoms with Gasteiger partial charge in [0.1, 0.15) is 18.8 Å². The molecular formula is C11H15NO3. The lowest BCUT2D eigenvalue weighted by Gasteiger charge is -2.14. The highest BCUT2D eigenvalue weighted by Crippen LogP contribution is 2.10. The highest BCUT2D eigenvalue weighted by Gasteiger charge is 2.03. The summed E-state index contributed by atoms with van der Waals surface area (Å²) in [5.74, 6) is -0.225. The van der Waals surface area contributed by atoms with Crippen molar-refractivity contribution in [2.24, 2.45) is 0 Å². The van der Waals surface area contributed by atoms with E-state index in [-0.39, 0.29) is 6.54 Å². The van der Waals surface area contributed by atoms with Crippen molar-refractivity contribution in [3.8, 4) is 5.75 Å². The van der Waals surface area contributed by atoms with Crippen molar-refractivity contribution in [1.82, 2.24) is 0 Å². The lowest BCUT2D eigenvalue weighted by molar-refractivity contribution is -0.887. The Kier molecular flexibility index (Phi) is 4.12. The Morgan fingerprint density at radius 3 is 2.47 bits per heavy atom. The van der Waals surface area contributed by atoms with Crippen molar-refractivity contribution in [3.63, 3.8) is 0 Å². The van der Waals surface area contributed by atoms with Crippen LogP contribution in [0.4, 0.5) is 0 Å². The van der Waals surface area contributed by atoms with Crippen molar-refractivity contribution in [2.45, 2.75) is 6.54 Å². The highest BCUT2D eigenvalue weighted by molar-refractivity contribution is 5.65. The van der Waals surface area contributed by atoms with E-state index in [4.69, 9.17) is 4.74 Å². The molecule has 1 aromatic carbocycles. The number of carbonyl (C=O) groups is 1. The van der Waals surface area contributed by atoms with Gasteiger partial charge in [0, 0.05) is 5.56 Å². The Morgan fingerprint density at radius 2 is 2.00 bits per heavy atom. The molecule has 0 aromatic heterocycles. The Morgan fingerprint density at radius 1 is 1.40 bits per heavy atom. The lowest BCUT2D eigenvalue weighted by Crippen LogP contribution is -3.09. The molecule has 0 aliphatic heterocycles. The van der Waals surface area contributed by atoms with Gasteiger partial charge >= 0.3 is 0 Å². The van der Waals surface area contributed by atoms with E-state index < -0.39 is 5.97 Å². The maximum Gasteiger partial charge on any atom is 0.118 e. The summed E-state index contributed by atoms with van der Waals surface area (Å²) in [7, 11) is 3.43. The van der Waals surface area contributed by atoms with Gasteiger partial charge in [-0.05, 0) is 24.3 Å². The normalized spacial score (nSPS) is 12.1. The monoisotopic (exact) mass is 209 g/mol. The van der Waals surface area contributed by atoms with Crippen LogP contribution in [-0.2, 0) is 11.3 Å². The standard InChI is InChI=1S/C11H15NO3/c1-12(8-11(13)14)7-9-3-5-10(15-2)6-4-9/h3-6H,7-8H2,1-2H3,(H,13,14). The van der Waals surface area contributed by atoms with Gasteiger partial charge in [-0.3, -0.25) is 0 Å². The molecule has 1 unspecified atom stereocenters. The predicted molar refractivity (Wildman–Crippen MR) is 53.5 cm³/mol. The molecule has 82 valence electrons. The number of carbonyl (C=O) groups excluding carboxylic acids is 1. The summed E-state index contributed by atoms with van der Waals surface area (Å²) >= 11 is 0. The summed E-state index contributed by atoms with van der Waals surface area (Å²) in [6, 6.07) is 7.58. The fourth-order valence-electron chi connectivity index (χ4n) is 1.40. The molecule has 1 N–H and O–H groups in total. The van der Waals surface area contributed by atoms with Crippen LogP contribution >= 0.6 is 0 Å². The second kappa shape index (κ2) is 5.36. The van der Waals surface area contributed by atoms with Gasteiger partial charge < -0.3 is 19.5 Å². The predicted octanol–water partition coefficient (Wildman–Crippen LogP) is -1.54. The average Bonchev–Trinajstić information content (AvgIpc) is 2.17. The summed E-state index contributed by atoms with van der Waals surface area (Å²) in [5.41, 5.74) is 1.08. The van der Waals surface area contributed by atoms with Crippen LogP contribution in [0, 0.1) is 0 Å². The van der Waals surface area contributed by atoms with Crippen LogP contribution in [0.25, 0.3) is 0 Å². The molecule has 1 aromatic rings. The number of hydrogen-bond donors (Lipinski definition) is 1. The zero-order chi connectivity index (χ0) is 11.3. The first-order chi connectivity index (χ1) is 7.11. The molecule has 0 saturated heterocycles. The Hall–Kier alpha value is -1.55. The number of aliphatic carboxylic acids is 1. The van der Waals surface area contributed by atoms with Gasteiger partial charge in [0.05, 0.1) is 20.1 Å². The van der Waals surface area contributed by atoms with Crippen LogP contribution in [0.5, 0.6) is 5.75 Å². The van der Waals surface area contributed by atoms with Crippen molar-refractivity contribution in [2.75, 3.05) is 20.7 Å². The van der Waals surface area contributed by atoms with Gasteiger partial charge in [-0.2, -0.15) is 0 Å². The summed E-state index contributed by atoms with van der Waals surface area (Å²) in [6.45, 7) is 0.685. The molecule has 0 bridgehead atoms. The molecule has 0 aliphatic rings. The first-order valence-corrected chi connectivity index (χ1v) is 4.76. The Labute approximate surface area is 89.1 Å². The molecule has 0 amide bonds. The first-order valence-electron chi connectivity index (χ1n) is 4.76. The molecule has 0 spiro atoms. The van der Waals surface area contributed by atoms with Crippen LogP contribution in [0.15, 0.2) is 24.3 Å². The number of likely N-dealkylation sites (N-methyl/N-ethyl adjacent to an activating group) is 1. The summed E-state index contributed by atoms with van der Waals surface area (Å²) < 4.78 is 5.03. The average molecular weight is 209 g/mol. The van der Waals surface area contributed by atoms with Gasteiger partial charge in [-0.25, -0.2) is 0 Å². The number of carboxylic acid groups (broad SMARTS) is 1. The van der Waals surface area contributed by atoms with E-state index in [0.29, 0.717) is 6.54 Å². The van der Waals surface area contributed by atoms with E-state index >= 15 is 0 Å². The largest absolute Gasteiger partial charge is 0.544 e. The Balaban J connectivity index is 2.53. The van der Waals surface area contributed by atoms with Crippen molar-refractivity contribution >= 4 is 5.97 Å². The zero-order valence-electron chi connectivity index (χ0n) is 8.95. The van der Waals surface area contributed by atoms with Gasteiger partial charge in [0.2, 0.25) is 0 Å². The van der Waals surface area contributed by atoms with Gasteiger partial charge in [-0.15, -0.1) is 0 Å². The number of nitrogens with one attached hydrogen (secondary N) is 1. The number of ether oxygens (including phenoxy) is 1. The molecule has 4 nitrogen and oxygen atoms in total. The minimum atomic E-state index is -1.03. The molecule has 0 aliphatic carbocycles. The van der Waals surface area contributed by atoms with Gasteiger partial charge in [0.25, 0.3) is 0 Å². The van der Waals surface area contributed by atoms with Crippen LogP contribution in [0.3, 0.4) is 0 Å². The highest BCUT2D eigenvalue weighted by atomic mass is 16.5. The smallest absolute Gasteiger partial charge is 0.118 e. The maximum atomic E-state index is 10.3. The minimum Gasteiger partial charge on any atom is -0.544 e. The topological polar surface area (TPSA) is 53.8 Å². The van der Waals surface area contributed by atoms with E-state index in [0.717, 1.165) is 16.2 Å². The molecule has 0 radical (unpaired) electrons. The van der Waals surface area contributed by atoms with Gasteiger partial charge in [-0.1, -0.05) is 0 Å². The second-order valence-corrected chi connectivity index (χ2v) is 3.53. The lowest BCUT2D eigenvalue weighted by atomic mass is 10.2. The van der Waals surface area contributed by atoms with Crippen LogP contribution < -0.4 is 14.7 Å². The third-order valence-corrected chi connectivity index (χ3v) is 2.11. The Bertz CT molecular complexity index is 321. The SMILES string of the molecule is COc1ccc(C[NH+](C)CC(=O)[O-])cc1. The fraction of sp³-hybridized carbons (Fsp3) is 0.364. The molecule has 0 saturated carbocycles. The molecule has 15 heavy (non-hydrogen) atoms. The molecule has 1 rings (SSSR count). The summed E-state index contributed by atoms with van der Waals surface area (Å²) in [6.07, 6.45) is 0. The molecule has 1 atom stereocenters. The van der Waals surface area contributed by atoms with E-state index in [1.165, 1.54) is 0 Å². The van der Waals surface area contributed by atoms with E-state index in [1.54, 1.807) is 7.11 Å².